The average molecular weight is 333 g/mol. The molecule has 124 valence electrons. The molecular weight excluding hydrogens is 323 g/mol. The summed E-state index contributed by atoms with van der Waals surface area (Å²) in [6, 6.07) is 1.78. The van der Waals surface area contributed by atoms with Crippen LogP contribution in [-0.2, 0) is 16.1 Å². The summed E-state index contributed by atoms with van der Waals surface area (Å²) >= 11 is 0. The summed E-state index contributed by atoms with van der Waals surface area (Å²) in [5.41, 5.74) is 0.761. The molecule has 0 fully saturated rings. The number of aryl methyl sites for hydroxylation is 1. The Morgan fingerprint density at radius 2 is 2.04 bits per heavy atom. The van der Waals surface area contributed by atoms with Gasteiger partial charge in [0, 0.05) is 6.07 Å². The molecule has 0 aliphatic rings. The number of alkyl halides is 3. The predicted molar refractivity (Wildman–Crippen MR) is 63.2 cm³/mol. The Kier molecular flexibility index (Phi) is 6.18. The van der Waals surface area contributed by atoms with Crippen molar-refractivity contribution in [2.24, 2.45) is 0 Å². The molecule has 0 aromatic carbocycles. The molecule has 0 amide bonds. The number of halogens is 3. The lowest BCUT2D eigenvalue weighted by molar-refractivity contribution is -0.752. The van der Waals surface area contributed by atoms with Gasteiger partial charge in [-0.3, -0.25) is 4.79 Å². The third-order valence-electron chi connectivity index (χ3n) is 2.24. The minimum absolute atomic E-state index is 0.0516. The molecule has 1 N–H and O–H groups in total. The van der Waals surface area contributed by atoms with Gasteiger partial charge >= 0.3 is 12.1 Å². The second-order valence-corrected chi connectivity index (χ2v) is 3.94. The summed E-state index contributed by atoms with van der Waals surface area (Å²) in [4.78, 5) is 23.1. The van der Waals surface area contributed by atoms with Gasteiger partial charge in [-0.25, -0.2) is 4.98 Å². The van der Waals surface area contributed by atoms with E-state index in [1.54, 1.807) is 29.3 Å². The zero-order chi connectivity index (χ0) is 17.5. The number of nitrogens with zero attached hydrogens (tertiary/aromatic N) is 3. The first kappa shape index (κ1) is 18.1. The summed E-state index contributed by atoms with van der Waals surface area (Å²) in [6.07, 6.45) is 1.19. The van der Waals surface area contributed by atoms with E-state index in [0.717, 1.165) is 5.56 Å². The Labute approximate surface area is 126 Å². The summed E-state index contributed by atoms with van der Waals surface area (Å²) in [6.45, 7) is 0.348. The lowest BCUT2D eigenvalue weighted by atomic mass is 10.3. The fraction of sp³-hybridized carbons (Fsp3) is 0.250. The summed E-state index contributed by atoms with van der Waals surface area (Å²) in [7, 11) is 0. The zero-order valence-electron chi connectivity index (χ0n) is 11.4. The number of hydrogen-bond acceptors (Lipinski definition) is 6. The van der Waals surface area contributed by atoms with Crippen LogP contribution in [0.25, 0.3) is 11.5 Å². The molecule has 0 saturated carbocycles. The van der Waals surface area contributed by atoms with Crippen molar-refractivity contribution in [3.8, 4) is 11.5 Å². The van der Waals surface area contributed by atoms with Crippen molar-refractivity contribution in [2.75, 3.05) is 0 Å². The monoisotopic (exact) mass is 333 g/mol. The number of oxazole rings is 1. The molecule has 23 heavy (non-hydrogen) atoms. The van der Waals surface area contributed by atoms with E-state index in [-0.39, 0.29) is 6.42 Å². The quantitative estimate of drug-likeness (QED) is 0.769. The van der Waals surface area contributed by atoms with E-state index in [1.165, 1.54) is 6.26 Å². The van der Waals surface area contributed by atoms with Gasteiger partial charge in [0.25, 0.3) is 0 Å². The Hall–Kier alpha value is -2.98. The highest BCUT2D eigenvalue weighted by Gasteiger charge is 2.28. The fourth-order valence-electron chi connectivity index (χ4n) is 1.22. The Morgan fingerprint density at radius 3 is 2.43 bits per heavy atom. The van der Waals surface area contributed by atoms with Crippen molar-refractivity contribution >= 4 is 11.9 Å². The third kappa shape index (κ3) is 6.54. The second-order valence-electron chi connectivity index (χ2n) is 3.94. The highest BCUT2D eigenvalue weighted by atomic mass is 19.4. The minimum atomic E-state index is -5.19. The van der Waals surface area contributed by atoms with Crippen LogP contribution in [0, 0.1) is 0 Å². The van der Waals surface area contributed by atoms with E-state index >= 15 is 0 Å². The van der Waals surface area contributed by atoms with E-state index in [0.29, 0.717) is 12.4 Å². The van der Waals surface area contributed by atoms with Crippen LogP contribution in [-0.4, -0.2) is 33.3 Å². The first-order valence-electron chi connectivity index (χ1n) is 5.95. The Bertz CT molecular complexity index is 641. The van der Waals surface area contributed by atoms with Crippen molar-refractivity contribution in [3.05, 3.63) is 30.9 Å². The van der Waals surface area contributed by atoms with E-state index in [2.05, 4.69) is 10.1 Å². The van der Waals surface area contributed by atoms with Gasteiger partial charge in [-0.1, -0.05) is 4.68 Å². The molecule has 0 aliphatic carbocycles. The molecule has 0 radical (unpaired) electrons. The standard InChI is InChI=1S/C10H9N3O3.C2HF3O2/c14-9(15)2-5-13-4-1-8(7-12-13)10-11-3-6-16-10;3-2(4,5)1(6)7/h1,3-4,6-7H,2,5H2;(H,6,7). The maximum absolute atomic E-state index is 10.5. The van der Waals surface area contributed by atoms with E-state index in [1.807, 2.05) is 0 Å². The molecular formula is C12H10F3N3O5. The van der Waals surface area contributed by atoms with Gasteiger partial charge in [-0.2, -0.15) is 13.2 Å². The number of carboxylic acids is 2. The maximum atomic E-state index is 10.5. The smallest absolute Gasteiger partial charge is 0.430 e. The molecule has 2 aromatic heterocycles. The second kappa shape index (κ2) is 7.87. The topological polar surface area (TPSA) is 120 Å². The van der Waals surface area contributed by atoms with Crippen LogP contribution in [0.15, 0.2) is 35.3 Å². The van der Waals surface area contributed by atoms with Crippen LogP contribution in [0.1, 0.15) is 6.42 Å². The zero-order valence-corrected chi connectivity index (χ0v) is 11.4. The lowest BCUT2D eigenvalue weighted by Gasteiger charge is -2.03. The van der Waals surface area contributed by atoms with Crippen LogP contribution in [0.4, 0.5) is 13.2 Å². The molecule has 0 unspecified atom stereocenters. The first-order valence-corrected chi connectivity index (χ1v) is 5.95. The number of hydrogen-bond donors (Lipinski definition) is 1. The van der Waals surface area contributed by atoms with Gasteiger partial charge in [0.05, 0.1) is 11.8 Å². The van der Waals surface area contributed by atoms with Crippen molar-refractivity contribution in [1.29, 1.82) is 0 Å². The largest absolute Gasteiger partial charge is 0.542 e. The number of carbonyl (C=O) groups excluding carboxylic acids is 1. The third-order valence-corrected chi connectivity index (χ3v) is 2.24. The predicted octanol–water partition coefficient (Wildman–Crippen LogP) is -0.203. The van der Waals surface area contributed by atoms with Gasteiger partial charge in [0.15, 0.2) is 12.7 Å². The van der Waals surface area contributed by atoms with Crippen LogP contribution < -0.4 is 9.79 Å². The Morgan fingerprint density at radius 1 is 1.39 bits per heavy atom. The minimum Gasteiger partial charge on any atom is -0.542 e. The number of aliphatic carboxylic acids is 2. The van der Waals surface area contributed by atoms with Gasteiger partial charge in [-0.15, -0.1) is 0 Å². The molecule has 0 spiro atoms. The Balaban J connectivity index is 0.000000322. The molecule has 2 aromatic rings. The number of aromatic nitrogens is 3. The first-order chi connectivity index (χ1) is 10.7. The molecule has 0 bridgehead atoms. The normalized spacial score (nSPS) is 10.6. The number of rotatable bonds is 4. The highest BCUT2D eigenvalue weighted by molar-refractivity contribution is 5.70. The van der Waals surface area contributed by atoms with E-state index in [9.17, 15) is 18.0 Å². The van der Waals surface area contributed by atoms with Gasteiger partial charge in [0.2, 0.25) is 5.89 Å². The number of carboxylic acid groups (broad SMARTS) is 2. The maximum Gasteiger partial charge on any atom is 0.430 e. The van der Waals surface area contributed by atoms with Crippen LogP contribution in [0.3, 0.4) is 0 Å². The SMILES string of the molecule is O=C(O)CC[n+]1ccc(-c2ncco2)cn1.O=C([O-])C(F)(F)F. The van der Waals surface area contributed by atoms with Crippen molar-refractivity contribution < 1.29 is 42.1 Å². The van der Waals surface area contributed by atoms with Gasteiger partial charge in [-0.05, 0) is 5.10 Å². The molecule has 2 rings (SSSR count). The van der Waals surface area contributed by atoms with Crippen molar-refractivity contribution in [1.82, 2.24) is 10.1 Å². The van der Waals surface area contributed by atoms with Crippen LogP contribution in [0.5, 0.6) is 0 Å². The van der Waals surface area contributed by atoms with E-state index < -0.39 is 18.1 Å². The van der Waals surface area contributed by atoms with E-state index in [4.69, 9.17) is 19.4 Å². The van der Waals surface area contributed by atoms with Crippen LogP contribution >= 0.6 is 0 Å². The summed E-state index contributed by atoms with van der Waals surface area (Å²) in [5.74, 6) is -3.35. The molecule has 2 heterocycles. The molecule has 8 nitrogen and oxygen atoms in total. The van der Waals surface area contributed by atoms with Crippen LogP contribution in [0.2, 0.25) is 0 Å². The fourth-order valence-corrected chi connectivity index (χ4v) is 1.22. The molecule has 11 heteroatoms. The summed E-state index contributed by atoms with van der Waals surface area (Å²) < 4.78 is 38.2. The number of carbonyl (C=O) groups is 2. The van der Waals surface area contributed by atoms with Gasteiger partial charge in [0.1, 0.15) is 24.9 Å². The average Bonchev–Trinajstić information content (AvgIpc) is 2.99. The van der Waals surface area contributed by atoms with Gasteiger partial charge < -0.3 is 19.4 Å². The molecule has 0 atom stereocenters. The molecule has 0 aliphatic heterocycles. The van der Waals surface area contributed by atoms with Crippen molar-refractivity contribution in [3.63, 3.8) is 0 Å². The summed E-state index contributed by atoms with van der Waals surface area (Å²) in [5, 5.41) is 21.4. The highest BCUT2D eigenvalue weighted by Crippen LogP contribution is 2.13. The van der Waals surface area contributed by atoms with Crippen molar-refractivity contribution in [2.45, 2.75) is 19.1 Å². The lowest BCUT2D eigenvalue weighted by Crippen LogP contribution is -2.38. The molecule has 0 saturated heterocycles.